The molecule has 0 aliphatic carbocycles. The van der Waals surface area contributed by atoms with E-state index in [9.17, 15) is 9.32 Å². The molecule has 1 fully saturated rings. The molecule has 124 valence electrons. The van der Waals surface area contributed by atoms with Gasteiger partial charge in [-0.05, 0) is 25.5 Å². The molecule has 1 aromatic carbocycles. The normalized spacial score (nSPS) is 23.3. The minimum absolute atomic E-state index is 0.272. The van der Waals surface area contributed by atoms with Crippen LogP contribution in [-0.2, 0) is 10.8 Å². The second-order valence-electron chi connectivity index (χ2n) is 6.07. The predicted molar refractivity (Wildman–Crippen MR) is 91.5 cm³/mol. The summed E-state index contributed by atoms with van der Waals surface area (Å²) in [5.74, 6) is 0.691. The van der Waals surface area contributed by atoms with E-state index in [0.717, 1.165) is 44.0 Å². The molecule has 0 saturated carbocycles. The molecule has 0 bridgehead atoms. The SMILES string of the molecule is CC[C@@H]1CN(CC[S@@](=O)c2ccccc2)CCN1C[C@@H](C)O. The topological polar surface area (TPSA) is 43.8 Å². The van der Waals surface area contributed by atoms with E-state index in [-0.39, 0.29) is 6.10 Å². The summed E-state index contributed by atoms with van der Waals surface area (Å²) in [5, 5.41) is 9.59. The van der Waals surface area contributed by atoms with E-state index in [1.807, 2.05) is 37.3 Å². The molecule has 22 heavy (non-hydrogen) atoms. The zero-order valence-corrected chi connectivity index (χ0v) is 14.5. The minimum Gasteiger partial charge on any atom is -0.392 e. The Labute approximate surface area is 136 Å². The van der Waals surface area contributed by atoms with Gasteiger partial charge < -0.3 is 5.11 Å². The summed E-state index contributed by atoms with van der Waals surface area (Å²) in [7, 11) is -0.911. The van der Waals surface area contributed by atoms with Crippen molar-refractivity contribution in [3.05, 3.63) is 30.3 Å². The van der Waals surface area contributed by atoms with Crippen molar-refractivity contribution in [2.45, 2.75) is 37.3 Å². The summed E-state index contributed by atoms with van der Waals surface area (Å²) in [6.45, 7) is 8.67. The molecule has 1 aliphatic rings. The largest absolute Gasteiger partial charge is 0.392 e. The van der Waals surface area contributed by atoms with Crippen LogP contribution in [0.4, 0.5) is 0 Å². The van der Waals surface area contributed by atoms with Gasteiger partial charge in [-0.3, -0.25) is 14.0 Å². The maximum absolute atomic E-state index is 12.3. The lowest BCUT2D eigenvalue weighted by Gasteiger charge is -2.41. The highest BCUT2D eigenvalue weighted by Gasteiger charge is 2.26. The summed E-state index contributed by atoms with van der Waals surface area (Å²) >= 11 is 0. The molecule has 0 amide bonds. The number of hydrogen-bond acceptors (Lipinski definition) is 4. The molecule has 5 heteroatoms. The summed E-state index contributed by atoms with van der Waals surface area (Å²) < 4.78 is 12.3. The lowest BCUT2D eigenvalue weighted by atomic mass is 10.1. The van der Waals surface area contributed by atoms with Crippen molar-refractivity contribution in [2.75, 3.05) is 38.5 Å². The molecule has 1 aromatic rings. The van der Waals surface area contributed by atoms with Crippen LogP contribution in [0.3, 0.4) is 0 Å². The van der Waals surface area contributed by atoms with Crippen LogP contribution in [0.5, 0.6) is 0 Å². The van der Waals surface area contributed by atoms with E-state index in [1.54, 1.807) is 0 Å². The summed E-state index contributed by atoms with van der Waals surface area (Å²) in [4.78, 5) is 5.71. The van der Waals surface area contributed by atoms with E-state index in [1.165, 1.54) is 0 Å². The maximum atomic E-state index is 12.3. The number of rotatable bonds is 7. The Morgan fingerprint density at radius 1 is 1.32 bits per heavy atom. The Morgan fingerprint density at radius 3 is 2.68 bits per heavy atom. The zero-order valence-electron chi connectivity index (χ0n) is 13.6. The van der Waals surface area contributed by atoms with E-state index >= 15 is 0 Å². The number of aliphatic hydroxyl groups excluding tert-OH is 1. The standard InChI is InChI=1S/C17H28N2O2S/c1-3-16-14-18(9-10-19(16)13-15(2)20)11-12-22(21)17-7-5-4-6-8-17/h4-8,15-16,20H,3,9-14H2,1-2H3/t15-,16-,22-/m1/s1. The van der Waals surface area contributed by atoms with Gasteiger partial charge >= 0.3 is 0 Å². The Hall–Kier alpha value is -0.750. The quantitative estimate of drug-likeness (QED) is 0.827. The van der Waals surface area contributed by atoms with Crippen molar-refractivity contribution in [3.8, 4) is 0 Å². The Kier molecular flexibility index (Phi) is 7.02. The molecule has 0 spiro atoms. The number of benzene rings is 1. The van der Waals surface area contributed by atoms with Crippen molar-refractivity contribution < 1.29 is 9.32 Å². The zero-order chi connectivity index (χ0) is 15.9. The number of aliphatic hydroxyl groups is 1. The molecular weight excluding hydrogens is 296 g/mol. The summed E-state index contributed by atoms with van der Waals surface area (Å²) in [6, 6.07) is 10.2. The van der Waals surface area contributed by atoms with E-state index < -0.39 is 10.8 Å². The first kappa shape index (κ1) is 17.6. The van der Waals surface area contributed by atoms with Crippen molar-refractivity contribution in [1.29, 1.82) is 0 Å². The monoisotopic (exact) mass is 324 g/mol. The second-order valence-corrected chi connectivity index (χ2v) is 7.64. The number of hydrogen-bond donors (Lipinski definition) is 1. The molecule has 1 aliphatic heterocycles. The van der Waals surface area contributed by atoms with E-state index in [0.29, 0.717) is 11.8 Å². The summed E-state index contributed by atoms with van der Waals surface area (Å²) in [5.41, 5.74) is 0. The van der Waals surface area contributed by atoms with E-state index in [2.05, 4.69) is 16.7 Å². The molecule has 1 heterocycles. The van der Waals surface area contributed by atoms with Crippen LogP contribution in [0, 0.1) is 0 Å². The highest BCUT2D eigenvalue weighted by atomic mass is 32.2. The van der Waals surface area contributed by atoms with Gasteiger partial charge in [0.05, 0.1) is 16.9 Å². The molecule has 0 unspecified atom stereocenters. The molecular formula is C17H28N2O2S. The van der Waals surface area contributed by atoms with Crippen LogP contribution in [0.25, 0.3) is 0 Å². The van der Waals surface area contributed by atoms with Gasteiger partial charge in [-0.15, -0.1) is 0 Å². The third kappa shape index (κ3) is 5.16. The molecule has 1 N–H and O–H groups in total. The van der Waals surface area contributed by atoms with Crippen LogP contribution >= 0.6 is 0 Å². The van der Waals surface area contributed by atoms with Gasteiger partial charge in [0, 0.05) is 49.4 Å². The lowest BCUT2D eigenvalue weighted by Crippen LogP contribution is -2.54. The van der Waals surface area contributed by atoms with Crippen LogP contribution in [0.15, 0.2) is 35.2 Å². The van der Waals surface area contributed by atoms with E-state index in [4.69, 9.17) is 0 Å². The molecule has 0 aromatic heterocycles. The first-order valence-corrected chi connectivity index (χ1v) is 9.50. The van der Waals surface area contributed by atoms with Crippen LogP contribution in [-0.4, -0.2) is 69.7 Å². The van der Waals surface area contributed by atoms with Crippen LogP contribution in [0.1, 0.15) is 20.3 Å². The Morgan fingerprint density at radius 2 is 2.05 bits per heavy atom. The smallest absolute Gasteiger partial charge is 0.0639 e. The van der Waals surface area contributed by atoms with Crippen molar-refractivity contribution in [1.82, 2.24) is 9.80 Å². The number of β-amino-alcohol motifs (C(OH)–C–C–N with tert-alkyl or cyclic N) is 1. The number of piperazine rings is 1. The molecule has 2 rings (SSSR count). The van der Waals surface area contributed by atoms with Gasteiger partial charge in [0.1, 0.15) is 0 Å². The predicted octanol–water partition coefficient (Wildman–Crippen LogP) is 1.57. The third-order valence-electron chi connectivity index (χ3n) is 4.26. The molecule has 4 nitrogen and oxygen atoms in total. The first-order valence-electron chi connectivity index (χ1n) is 8.18. The van der Waals surface area contributed by atoms with Gasteiger partial charge in [0.15, 0.2) is 0 Å². The highest BCUT2D eigenvalue weighted by Crippen LogP contribution is 2.14. The fourth-order valence-corrected chi connectivity index (χ4v) is 4.15. The Balaban J connectivity index is 1.81. The summed E-state index contributed by atoms with van der Waals surface area (Å²) in [6.07, 6.45) is 0.816. The third-order valence-corrected chi connectivity index (χ3v) is 5.61. The van der Waals surface area contributed by atoms with Gasteiger partial charge in [-0.1, -0.05) is 25.1 Å². The van der Waals surface area contributed by atoms with Gasteiger partial charge in [0.25, 0.3) is 0 Å². The van der Waals surface area contributed by atoms with Gasteiger partial charge in [-0.25, -0.2) is 0 Å². The Bertz CT molecular complexity index is 467. The molecule has 3 atom stereocenters. The minimum atomic E-state index is -0.911. The van der Waals surface area contributed by atoms with Gasteiger partial charge in [0.2, 0.25) is 0 Å². The average Bonchev–Trinajstić information content (AvgIpc) is 2.54. The highest BCUT2D eigenvalue weighted by molar-refractivity contribution is 7.85. The molecule has 1 saturated heterocycles. The van der Waals surface area contributed by atoms with Gasteiger partial charge in [-0.2, -0.15) is 0 Å². The fraction of sp³-hybridized carbons (Fsp3) is 0.647. The van der Waals surface area contributed by atoms with Crippen LogP contribution in [0.2, 0.25) is 0 Å². The lowest BCUT2D eigenvalue weighted by molar-refractivity contribution is 0.0389. The average molecular weight is 324 g/mol. The maximum Gasteiger partial charge on any atom is 0.0639 e. The number of nitrogens with zero attached hydrogens (tertiary/aromatic N) is 2. The molecule has 0 radical (unpaired) electrons. The van der Waals surface area contributed by atoms with Crippen molar-refractivity contribution in [3.63, 3.8) is 0 Å². The second kappa shape index (κ2) is 8.77. The first-order chi connectivity index (χ1) is 10.6. The van der Waals surface area contributed by atoms with Crippen molar-refractivity contribution >= 4 is 10.8 Å². The van der Waals surface area contributed by atoms with Crippen molar-refractivity contribution in [2.24, 2.45) is 0 Å². The van der Waals surface area contributed by atoms with Crippen LogP contribution < -0.4 is 0 Å². The fourth-order valence-electron chi connectivity index (χ4n) is 3.03.